The highest BCUT2D eigenvalue weighted by Crippen LogP contribution is 2.39. The van der Waals surface area contributed by atoms with Crippen LogP contribution in [0.3, 0.4) is 0 Å². The van der Waals surface area contributed by atoms with Crippen molar-refractivity contribution < 1.29 is 42.7 Å². The number of halogens is 2. The smallest absolute Gasteiger partial charge is 0.317 e. The lowest BCUT2D eigenvalue weighted by molar-refractivity contribution is -0.142. The molecular formula is C24H19Br2NO9S. The van der Waals surface area contributed by atoms with Crippen molar-refractivity contribution in [2.24, 2.45) is 0 Å². The Hall–Kier alpha value is -3.10. The van der Waals surface area contributed by atoms with Crippen molar-refractivity contribution in [3.8, 4) is 5.75 Å². The van der Waals surface area contributed by atoms with E-state index in [-0.39, 0.29) is 43.7 Å². The van der Waals surface area contributed by atoms with Crippen LogP contribution in [0, 0.1) is 0 Å². The second-order valence-corrected chi connectivity index (χ2v) is 11.0. The van der Waals surface area contributed by atoms with Gasteiger partial charge >= 0.3 is 11.9 Å². The van der Waals surface area contributed by atoms with Crippen LogP contribution in [0.5, 0.6) is 5.75 Å². The minimum absolute atomic E-state index is 0.0898. The van der Waals surface area contributed by atoms with Gasteiger partial charge in [-0.3, -0.25) is 23.8 Å². The predicted octanol–water partition coefficient (Wildman–Crippen LogP) is 3.59. The number of aliphatic carboxylic acids is 2. The van der Waals surface area contributed by atoms with Crippen LogP contribution in [0.1, 0.15) is 16.7 Å². The quantitative estimate of drug-likeness (QED) is 0.293. The zero-order valence-corrected chi connectivity index (χ0v) is 22.7. The van der Waals surface area contributed by atoms with Gasteiger partial charge in [0.1, 0.15) is 10.6 Å². The van der Waals surface area contributed by atoms with Crippen LogP contribution >= 0.6 is 31.9 Å². The third-order valence-corrected chi connectivity index (χ3v) is 7.33. The highest BCUT2D eigenvalue weighted by atomic mass is 79.9. The first kappa shape index (κ1) is 28.5. The van der Waals surface area contributed by atoms with Crippen molar-refractivity contribution in [3.05, 3.63) is 85.8 Å². The standard InChI is InChI=1S/C24H19Br2NO9S/c25-17-8-13(5-6-19(17)28)23(16-3-1-2-4-20(16)37(34,35)36)14-7-15(24(33)18(26)9-14)10-27(11-21(29)30)12-22(31)32/h1-9,33H,10-12H2,(H,29,30)(H,31,32)(H,34,35,36)/b23-13+. The fourth-order valence-electron chi connectivity index (χ4n) is 3.74. The Labute approximate surface area is 228 Å². The van der Waals surface area contributed by atoms with Gasteiger partial charge in [-0.1, -0.05) is 24.3 Å². The molecule has 0 atom stereocenters. The van der Waals surface area contributed by atoms with Crippen LogP contribution in [0.15, 0.2) is 74.0 Å². The summed E-state index contributed by atoms with van der Waals surface area (Å²) in [5, 5.41) is 29.0. The maximum Gasteiger partial charge on any atom is 0.317 e. The Kier molecular flexibility index (Phi) is 8.87. The molecule has 0 radical (unpaired) electrons. The van der Waals surface area contributed by atoms with Gasteiger partial charge in [0.25, 0.3) is 10.1 Å². The first-order valence-corrected chi connectivity index (χ1v) is 13.4. The SMILES string of the molecule is O=C(O)CN(CC(=O)O)Cc1cc(/C(=C2/C=CC(=O)C(Br)=C2)c2ccccc2S(=O)(=O)O)cc(Br)c1O. The highest BCUT2D eigenvalue weighted by Gasteiger charge is 2.24. The largest absolute Gasteiger partial charge is 0.506 e. The van der Waals surface area contributed by atoms with Gasteiger partial charge in [0.2, 0.25) is 0 Å². The van der Waals surface area contributed by atoms with Crippen molar-refractivity contribution in [1.29, 1.82) is 0 Å². The number of allylic oxidation sites excluding steroid dienone is 5. The summed E-state index contributed by atoms with van der Waals surface area (Å²) in [7, 11) is -4.68. The molecule has 10 nitrogen and oxygen atoms in total. The first-order chi connectivity index (χ1) is 17.3. The summed E-state index contributed by atoms with van der Waals surface area (Å²) in [6.45, 7) is -1.51. The molecule has 0 aliphatic heterocycles. The second-order valence-electron chi connectivity index (χ2n) is 7.89. The lowest BCUT2D eigenvalue weighted by Crippen LogP contribution is -2.34. The number of carboxylic acid groups (broad SMARTS) is 2. The number of carboxylic acids is 2. The van der Waals surface area contributed by atoms with E-state index in [1.54, 1.807) is 6.07 Å². The summed E-state index contributed by atoms with van der Waals surface area (Å²) in [5.74, 6) is -3.14. The number of phenols is 1. The summed E-state index contributed by atoms with van der Waals surface area (Å²) >= 11 is 6.42. The Morgan fingerprint density at radius 3 is 2.16 bits per heavy atom. The molecule has 2 aromatic carbocycles. The molecule has 0 fully saturated rings. The number of carbonyl (C=O) groups is 3. The molecule has 0 aromatic heterocycles. The van der Waals surface area contributed by atoms with E-state index in [0.29, 0.717) is 11.1 Å². The van der Waals surface area contributed by atoms with E-state index in [0.717, 1.165) is 4.90 Å². The minimum Gasteiger partial charge on any atom is -0.506 e. The maximum atomic E-state index is 12.2. The lowest BCUT2D eigenvalue weighted by Gasteiger charge is -2.21. The second kappa shape index (κ2) is 11.5. The van der Waals surface area contributed by atoms with Crippen LogP contribution in [0.2, 0.25) is 0 Å². The molecule has 0 saturated heterocycles. The Morgan fingerprint density at radius 1 is 0.973 bits per heavy atom. The molecule has 2 aromatic rings. The molecule has 4 N–H and O–H groups in total. The number of benzene rings is 2. The molecule has 0 bridgehead atoms. The average molecular weight is 657 g/mol. The maximum absolute atomic E-state index is 12.2. The summed E-state index contributed by atoms with van der Waals surface area (Å²) in [4.78, 5) is 35.2. The van der Waals surface area contributed by atoms with Crippen LogP contribution in [-0.2, 0) is 31.0 Å². The van der Waals surface area contributed by atoms with E-state index in [2.05, 4.69) is 31.9 Å². The summed E-state index contributed by atoms with van der Waals surface area (Å²) in [5.41, 5.74) is 1.21. The van der Waals surface area contributed by atoms with E-state index in [1.807, 2.05) is 0 Å². The Balaban J connectivity index is 2.30. The molecule has 1 aliphatic carbocycles. The first-order valence-electron chi connectivity index (χ1n) is 10.4. The molecule has 1 aliphatic rings. The van der Waals surface area contributed by atoms with Crippen LogP contribution in [0.25, 0.3) is 5.57 Å². The summed E-state index contributed by atoms with van der Waals surface area (Å²) in [6, 6.07) is 8.57. The molecule has 13 heteroatoms. The molecular weight excluding hydrogens is 638 g/mol. The molecule has 0 unspecified atom stereocenters. The van der Waals surface area contributed by atoms with Gasteiger partial charge in [-0.2, -0.15) is 8.42 Å². The van der Waals surface area contributed by atoms with E-state index in [1.165, 1.54) is 48.6 Å². The Morgan fingerprint density at radius 2 is 1.59 bits per heavy atom. The number of rotatable bonds is 9. The van der Waals surface area contributed by atoms with E-state index in [4.69, 9.17) is 0 Å². The van der Waals surface area contributed by atoms with Gasteiger partial charge in [0.15, 0.2) is 5.78 Å². The summed E-state index contributed by atoms with van der Waals surface area (Å²) < 4.78 is 34.6. The van der Waals surface area contributed by atoms with Crippen molar-refractivity contribution in [2.45, 2.75) is 11.4 Å². The van der Waals surface area contributed by atoms with E-state index < -0.39 is 40.0 Å². The zero-order valence-electron chi connectivity index (χ0n) is 18.8. The molecule has 0 spiro atoms. The molecule has 3 rings (SSSR count). The monoisotopic (exact) mass is 655 g/mol. The normalized spacial score (nSPS) is 15.0. The van der Waals surface area contributed by atoms with Gasteiger partial charge in [-0.15, -0.1) is 0 Å². The third kappa shape index (κ3) is 7.02. The van der Waals surface area contributed by atoms with Crippen molar-refractivity contribution in [1.82, 2.24) is 4.90 Å². The zero-order chi connectivity index (χ0) is 27.5. The number of ketones is 1. The molecule has 194 valence electrons. The third-order valence-electron chi connectivity index (χ3n) is 5.20. The summed E-state index contributed by atoms with van der Waals surface area (Å²) in [6.07, 6.45) is 4.21. The van der Waals surface area contributed by atoms with Crippen molar-refractivity contribution >= 4 is 65.3 Å². The van der Waals surface area contributed by atoms with Crippen molar-refractivity contribution in [3.63, 3.8) is 0 Å². The molecule has 0 amide bonds. The van der Waals surface area contributed by atoms with Crippen LogP contribution < -0.4 is 0 Å². The van der Waals surface area contributed by atoms with Gasteiger partial charge in [-0.05, 0) is 78.9 Å². The fourth-order valence-corrected chi connectivity index (χ4v) is 5.32. The minimum atomic E-state index is -4.68. The molecule has 0 saturated carbocycles. The highest BCUT2D eigenvalue weighted by molar-refractivity contribution is 9.12. The average Bonchev–Trinajstić information content (AvgIpc) is 2.78. The van der Waals surface area contributed by atoms with E-state index >= 15 is 0 Å². The van der Waals surface area contributed by atoms with Gasteiger partial charge < -0.3 is 15.3 Å². The number of phenolic OH excluding ortho intramolecular Hbond substituents is 1. The number of carbonyl (C=O) groups excluding carboxylic acids is 1. The number of nitrogens with zero attached hydrogens (tertiary/aromatic N) is 1. The fraction of sp³-hybridized carbons (Fsp3) is 0.125. The number of aromatic hydroxyl groups is 1. The van der Waals surface area contributed by atoms with Crippen molar-refractivity contribution in [2.75, 3.05) is 13.1 Å². The van der Waals surface area contributed by atoms with Gasteiger partial charge in [0, 0.05) is 17.7 Å². The molecule has 37 heavy (non-hydrogen) atoms. The number of hydrogen-bond acceptors (Lipinski definition) is 7. The predicted molar refractivity (Wildman–Crippen MR) is 140 cm³/mol. The van der Waals surface area contributed by atoms with Crippen LogP contribution in [0.4, 0.5) is 0 Å². The molecule has 0 heterocycles. The number of hydrogen-bond donors (Lipinski definition) is 4. The lowest BCUT2D eigenvalue weighted by atomic mass is 9.90. The van der Waals surface area contributed by atoms with Gasteiger partial charge in [-0.25, -0.2) is 0 Å². The topological polar surface area (TPSA) is 170 Å². The van der Waals surface area contributed by atoms with E-state index in [9.17, 15) is 42.7 Å². The van der Waals surface area contributed by atoms with Gasteiger partial charge in [0.05, 0.1) is 22.0 Å². The van der Waals surface area contributed by atoms with Crippen LogP contribution in [-0.4, -0.2) is 64.0 Å². The Bertz CT molecular complexity index is 1480.